The van der Waals surface area contributed by atoms with Crippen LogP contribution in [0, 0.1) is 11.8 Å². The fourth-order valence-corrected chi connectivity index (χ4v) is 2.67. The molecule has 2 atom stereocenters. The van der Waals surface area contributed by atoms with Crippen molar-refractivity contribution in [3.8, 4) is 0 Å². The first-order valence-electron chi connectivity index (χ1n) is 6.49. The molecule has 0 aromatic carbocycles. The summed E-state index contributed by atoms with van der Waals surface area (Å²) in [7, 11) is 0. The monoisotopic (exact) mass is 205 g/mol. The molecule has 0 aromatic heterocycles. The van der Waals surface area contributed by atoms with Gasteiger partial charge in [-0.05, 0) is 57.0 Å². The second-order valence-corrected chi connectivity index (χ2v) is 4.94. The summed E-state index contributed by atoms with van der Waals surface area (Å²) in [5.41, 5.74) is 0. The van der Waals surface area contributed by atoms with Gasteiger partial charge in [0.05, 0.1) is 0 Å². The first kappa shape index (κ1) is 10.9. The van der Waals surface area contributed by atoms with Crippen molar-refractivity contribution in [1.82, 2.24) is 5.32 Å². The molecule has 84 valence electrons. The molecular weight excluding hydrogens is 182 g/mol. The summed E-state index contributed by atoms with van der Waals surface area (Å²) in [4.78, 5) is 0. The van der Waals surface area contributed by atoms with Gasteiger partial charge in [-0.1, -0.05) is 30.7 Å². The predicted molar refractivity (Wildman–Crippen MR) is 65.8 cm³/mol. The Balaban J connectivity index is 1.60. The van der Waals surface area contributed by atoms with E-state index < -0.39 is 0 Å². The lowest BCUT2D eigenvalue weighted by Gasteiger charge is -2.12. The second kappa shape index (κ2) is 6.12. The molecule has 0 bridgehead atoms. The molecule has 1 saturated heterocycles. The Hall–Kier alpha value is -0.560. The molecule has 1 fully saturated rings. The predicted octanol–water partition coefficient (Wildman–Crippen LogP) is 3.29. The highest BCUT2D eigenvalue weighted by atomic mass is 14.9. The summed E-state index contributed by atoms with van der Waals surface area (Å²) in [6.45, 7) is 2.51. The second-order valence-electron chi connectivity index (χ2n) is 4.94. The lowest BCUT2D eigenvalue weighted by Crippen LogP contribution is -2.09. The van der Waals surface area contributed by atoms with Crippen LogP contribution in [-0.2, 0) is 0 Å². The van der Waals surface area contributed by atoms with Gasteiger partial charge in [0, 0.05) is 0 Å². The van der Waals surface area contributed by atoms with Gasteiger partial charge in [0.2, 0.25) is 0 Å². The maximum Gasteiger partial charge on any atom is -0.00200 e. The third-order valence-electron chi connectivity index (χ3n) is 3.68. The number of nitrogens with one attached hydrogen (secondary N) is 1. The maximum absolute atomic E-state index is 3.45. The van der Waals surface area contributed by atoms with Crippen LogP contribution in [-0.4, -0.2) is 13.1 Å². The molecule has 0 radical (unpaired) electrons. The highest BCUT2D eigenvalue weighted by Crippen LogP contribution is 2.22. The van der Waals surface area contributed by atoms with Crippen molar-refractivity contribution in [3.63, 3.8) is 0 Å². The molecule has 1 N–H and O–H groups in total. The van der Waals surface area contributed by atoms with Crippen LogP contribution in [0.5, 0.6) is 0 Å². The standard InChI is InChI=1S/C14H23N/c1-2-4-7-13(6-3-1)8-5-9-14-10-11-15-12-14/h1-3,6,13-15H,4-5,7-12H2. The smallest absolute Gasteiger partial charge is 0.00200 e. The summed E-state index contributed by atoms with van der Waals surface area (Å²) in [6.07, 6.45) is 17.4. The van der Waals surface area contributed by atoms with E-state index in [1.807, 2.05) is 0 Å². The van der Waals surface area contributed by atoms with E-state index in [4.69, 9.17) is 0 Å². The van der Waals surface area contributed by atoms with Crippen LogP contribution in [0.1, 0.15) is 38.5 Å². The molecule has 0 amide bonds. The van der Waals surface area contributed by atoms with E-state index in [0.717, 1.165) is 11.8 Å². The molecule has 0 aromatic rings. The molecule has 1 aliphatic heterocycles. The van der Waals surface area contributed by atoms with Crippen LogP contribution >= 0.6 is 0 Å². The number of allylic oxidation sites excluding steroid dienone is 4. The van der Waals surface area contributed by atoms with Gasteiger partial charge in [0.25, 0.3) is 0 Å². The van der Waals surface area contributed by atoms with Crippen LogP contribution in [0.15, 0.2) is 24.3 Å². The number of rotatable bonds is 4. The summed E-state index contributed by atoms with van der Waals surface area (Å²) < 4.78 is 0. The Labute approximate surface area is 93.6 Å². The third kappa shape index (κ3) is 3.83. The average molecular weight is 205 g/mol. The fourth-order valence-electron chi connectivity index (χ4n) is 2.67. The molecule has 2 aliphatic rings. The lowest BCUT2D eigenvalue weighted by molar-refractivity contribution is 0.450. The molecule has 1 aliphatic carbocycles. The summed E-state index contributed by atoms with van der Waals surface area (Å²) in [5, 5.41) is 3.45. The van der Waals surface area contributed by atoms with Crippen LogP contribution in [0.3, 0.4) is 0 Å². The van der Waals surface area contributed by atoms with E-state index in [9.17, 15) is 0 Å². The Kier molecular flexibility index (Phi) is 4.46. The zero-order valence-electron chi connectivity index (χ0n) is 9.62. The Morgan fingerprint density at radius 1 is 1.13 bits per heavy atom. The Bertz CT molecular complexity index is 223. The Morgan fingerprint density at radius 2 is 2.13 bits per heavy atom. The maximum atomic E-state index is 3.45. The van der Waals surface area contributed by atoms with Crippen molar-refractivity contribution < 1.29 is 0 Å². The minimum Gasteiger partial charge on any atom is -0.316 e. The van der Waals surface area contributed by atoms with Crippen molar-refractivity contribution >= 4 is 0 Å². The van der Waals surface area contributed by atoms with Crippen molar-refractivity contribution in [2.24, 2.45) is 11.8 Å². The van der Waals surface area contributed by atoms with Crippen LogP contribution in [0.2, 0.25) is 0 Å². The average Bonchev–Trinajstić information content (AvgIpc) is 2.62. The van der Waals surface area contributed by atoms with E-state index in [2.05, 4.69) is 29.6 Å². The van der Waals surface area contributed by atoms with E-state index in [1.54, 1.807) is 0 Å². The molecule has 0 saturated carbocycles. The summed E-state index contributed by atoms with van der Waals surface area (Å²) in [5.74, 6) is 1.81. The van der Waals surface area contributed by atoms with E-state index in [-0.39, 0.29) is 0 Å². The largest absolute Gasteiger partial charge is 0.316 e. The molecule has 1 heterocycles. The van der Waals surface area contributed by atoms with Crippen LogP contribution in [0.25, 0.3) is 0 Å². The topological polar surface area (TPSA) is 12.0 Å². The van der Waals surface area contributed by atoms with Gasteiger partial charge in [-0.2, -0.15) is 0 Å². The van der Waals surface area contributed by atoms with Crippen molar-refractivity contribution in [2.75, 3.05) is 13.1 Å². The SMILES string of the molecule is C1=CCCC(CCCC2CCNC2)C=C1. The van der Waals surface area contributed by atoms with Crippen LogP contribution in [0.4, 0.5) is 0 Å². The van der Waals surface area contributed by atoms with Gasteiger partial charge in [0.1, 0.15) is 0 Å². The summed E-state index contributed by atoms with van der Waals surface area (Å²) in [6, 6.07) is 0. The first-order chi connectivity index (χ1) is 7.45. The van der Waals surface area contributed by atoms with Crippen molar-refractivity contribution in [1.29, 1.82) is 0 Å². The quantitative estimate of drug-likeness (QED) is 0.742. The zero-order valence-corrected chi connectivity index (χ0v) is 9.62. The minimum atomic E-state index is 0.842. The molecule has 15 heavy (non-hydrogen) atoms. The molecule has 2 rings (SSSR count). The highest BCUT2D eigenvalue weighted by molar-refractivity contribution is 5.07. The Morgan fingerprint density at radius 3 is 3.00 bits per heavy atom. The molecule has 1 heteroatoms. The van der Waals surface area contributed by atoms with E-state index in [0.29, 0.717) is 0 Å². The molecule has 2 unspecified atom stereocenters. The van der Waals surface area contributed by atoms with E-state index in [1.165, 1.54) is 51.6 Å². The molecule has 1 nitrogen and oxygen atoms in total. The van der Waals surface area contributed by atoms with Gasteiger partial charge in [-0.3, -0.25) is 0 Å². The van der Waals surface area contributed by atoms with Crippen molar-refractivity contribution in [3.05, 3.63) is 24.3 Å². The van der Waals surface area contributed by atoms with Gasteiger partial charge in [-0.25, -0.2) is 0 Å². The number of hydrogen-bond donors (Lipinski definition) is 1. The fraction of sp³-hybridized carbons (Fsp3) is 0.714. The lowest BCUT2D eigenvalue weighted by atomic mass is 9.93. The highest BCUT2D eigenvalue weighted by Gasteiger charge is 2.14. The normalized spacial score (nSPS) is 30.7. The zero-order chi connectivity index (χ0) is 10.3. The molecule has 0 spiro atoms. The summed E-state index contributed by atoms with van der Waals surface area (Å²) >= 11 is 0. The molecular formula is C14H23N. The minimum absolute atomic E-state index is 0.842. The van der Waals surface area contributed by atoms with Gasteiger partial charge in [0.15, 0.2) is 0 Å². The van der Waals surface area contributed by atoms with Gasteiger partial charge in [-0.15, -0.1) is 0 Å². The third-order valence-corrected chi connectivity index (χ3v) is 3.68. The number of hydrogen-bond acceptors (Lipinski definition) is 1. The van der Waals surface area contributed by atoms with E-state index >= 15 is 0 Å². The van der Waals surface area contributed by atoms with Crippen molar-refractivity contribution in [2.45, 2.75) is 38.5 Å². The van der Waals surface area contributed by atoms with Crippen LogP contribution < -0.4 is 5.32 Å². The van der Waals surface area contributed by atoms with Gasteiger partial charge < -0.3 is 5.32 Å². The van der Waals surface area contributed by atoms with Gasteiger partial charge >= 0.3 is 0 Å². The first-order valence-corrected chi connectivity index (χ1v) is 6.49.